The van der Waals surface area contributed by atoms with E-state index in [2.05, 4.69) is 0 Å². The molecule has 0 spiro atoms. The maximum absolute atomic E-state index is 13.9. The molecule has 0 amide bonds. The average Bonchev–Trinajstić information content (AvgIpc) is 2.79. The van der Waals surface area contributed by atoms with Crippen molar-refractivity contribution in [1.82, 2.24) is 0 Å². The zero-order chi connectivity index (χ0) is 22.1. The summed E-state index contributed by atoms with van der Waals surface area (Å²) in [7, 11) is 1.38. The van der Waals surface area contributed by atoms with Crippen LogP contribution < -0.4 is 9.47 Å². The third-order valence-electron chi connectivity index (χ3n) is 4.77. The van der Waals surface area contributed by atoms with Gasteiger partial charge in [-0.25, -0.2) is 9.18 Å². The zero-order valence-electron chi connectivity index (χ0n) is 17.3. The molecule has 3 aromatic carbocycles. The number of carboxylic acid groups (broad SMARTS) is 1. The minimum Gasteiger partial charge on any atom is -0.493 e. The van der Waals surface area contributed by atoms with Crippen molar-refractivity contribution in [1.29, 1.82) is 0 Å². The molecule has 0 aromatic heterocycles. The Kier molecular flexibility index (Phi) is 8.01. The lowest BCUT2D eigenvalue weighted by atomic mass is 10.1. The van der Waals surface area contributed by atoms with Gasteiger partial charge in [0.25, 0.3) is 0 Å². The monoisotopic (exact) mass is 424 g/mol. The Bertz CT molecular complexity index is 970. The van der Waals surface area contributed by atoms with E-state index < -0.39 is 12.1 Å². The molecule has 3 rings (SSSR count). The predicted molar refractivity (Wildman–Crippen MR) is 116 cm³/mol. The van der Waals surface area contributed by atoms with E-state index in [-0.39, 0.29) is 5.82 Å². The third-order valence-corrected chi connectivity index (χ3v) is 4.77. The van der Waals surface area contributed by atoms with E-state index in [0.717, 1.165) is 16.9 Å². The lowest BCUT2D eigenvalue weighted by molar-refractivity contribution is -0.148. The molecular weight excluding hydrogens is 399 g/mol. The largest absolute Gasteiger partial charge is 0.493 e. The predicted octanol–water partition coefficient (Wildman–Crippen LogP) is 4.98. The van der Waals surface area contributed by atoms with Crippen molar-refractivity contribution < 1.29 is 28.5 Å². The van der Waals surface area contributed by atoms with Gasteiger partial charge in [-0.2, -0.15) is 0 Å². The number of aliphatic carboxylic acids is 1. The Morgan fingerprint density at radius 1 is 0.903 bits per heavy atom. The molecule has 0 saturated heterocycles. The fraction of sp³-hybridized carbons (Fsp3) is 0.240. The fourth-order valence-electron chi connectivity index (χ4n) is 3.07. The van der Waals surface area contributed by atoms with Crippen molar-refractivity contribution in [3.63, 3.8) is 0 Å². The molecule has 31 heavy (non-hydrogen) atoms. The summed E-state index contributed by atoms with van der Waals surface area (Å²) < 4.78 is 30.2. The molecule has 0 unspecified atom stereocenters. The van der Waals surface area contributed by atoms with Crippen LogP contribution in [0.2, 0.25) is 0 Å². The van der Waals surface area contributed by atoms with Crippen molar-refractivity contribution in [2.75, 3.05) is 20.3 Å². The first-order valence-electron chi connectivity index (χ1n) is 10.0. The second-order valence-electron chi connectivity index (χ2n) is 6.97. The van der Waals surface area contributed by atoms with E-state index in [9.17, 15) is 9.18 Å². The number of benzene rings is 3. The smallest absolute Gasteiger partial charge is 0.333 e. The van der Waals surface area contributed by atoms with Gasteiger partial charge in [0.1, 0.15) is 17.3 Å². The second kappa shape index (κ2) is 11.1. The van der Waals surface area contributed by atoms with Gasteiger partial charge in [-0.05, 0) is 41.5 Å². The number of halogens is 1. The molecule has 162 valence electrons. The van der Waals surface area contributed by atoms with Crippen molar-refractivity contribution in [2.24, 2.45) is 0 Å². The highest BCUT2D eigenvalue weighted by Crippen LogP contribution is 2.24. The first-order chi connectivity index (χ1) is 15.1. The maximum Gasteiger partial charge on any atom is 0.333 e. The average molecular weight is 424 g/mol. The Morgan fingerprint density at radius 3 is 2.03 bits per heavy atom. The van der Waals surface area contributed by atoms with Gasteiger partial charge in [0.05, 0.1) is 13.2 Å². The molecule has 5 nitrogen and oxygen atoms in total. The van der Waals surface area contributed by atoms with Crippen LogP contribution in [-0.2, 0) is 16.0 Å². The lowest BCUT2D eigenvalue weighted by Gasteiger charge is -2.11. The molecular formula is C25H25FO5. The first kappa shape index (κ1) is 22.3. The van der Waals surface area contributed by atoms with E-state index in [1.165, 1.54) is 13.2 Å². The maximum atomic E-state index is 13.9. The highest BCUT2D eigenvalue weighted by molar-refractivity contribution is 5.72. The lowest BCUT2D eigenvalue weighted by Crippen LogP contribution is -2.24. The Balaban J connectivity index is 1.39. The summed E-state index contributed by atoms with van der Waals surface area (Å²) in [6.45, 7) is 0.980. The number of hydrogen-bond acceptors (Lipinski definition) is 4. The van der Waals surface area contributed by atoms with Crippen LogP contribution in [0.25, 0.3) is 11.1 Å². The van der Waals surface area contributed by atoms with Crippen molar-refractivity contribution in [3.05, 3.63) is 84.2 Å². The van der Waals surface area contributed by atoms with Crippen molar-refractivity contribution >= 4 is 5.97 Å². The molecule has 0 fully saturated rings. The van der Waals surface area contributed by atoms with E-state index >= 15 is 0 Å². The highest BCUT2D eigenvalue weighted by Gasteiger charge is 2.16. The molecule has 0 radical (unpaired) electrons. The number of rotatable bonds is 11. The molecule has 1 atom stereocenters. The van der Waals surface area contributed by atoms with Crippen LogP contribution in [0.5, 0.6) is 11.5 Å². The third kappa shape index (κ3) is 6.55. The van der Waals surface area contributed by atoms with Crippen LogP contribution in [-0.4, -0.2) is 37.5 Å². The Hall–Kier alpha value is -3.38. The molecule has 0 aliphatic rings. The van der Waals surface area contributed by atoms with Gasteiger partial charge in [-0.15, -0.1) is 0 Å². The summed E-state index contributed by atoms with van der Waals surface area (Å²) in [6, 6.07) is 21.3. The summed E-state index contributed by atoms with van der Waals surface area (Å²) in [5.74, 6) is 0.198. The first-order valence-corrected chi connectivity index (χ1v) is 10.0. The van der Waals surface area contributed by atoms with Crippen LogP contribution in [0.1, 0.15) is 12.0 Å². The van der Waals surface area contributed by atoms with E-state index in [1.807, 2.05) is 54.6 Å². The molecule has 3 aromatic rings. The van der Waals surface area contributed by atoms with Gasteiger partial charge < -0.3 is 19.3 Å². The van der Waals surface area contributed by atoms with Gasteiger partial charge in [0, 0.05) is 25.5 Å². The summed E-state index contributed by atoms with van der Waals surface area (Å²) in [5.41, 5.74) is 2.23. The van der Waals surface area contributed by atoms with Crippen LogP contribution >= 0.6 is 0 Å². The quantitative estimate of drug-likeness (QED) is 0.440. The SMILES string of the molecule is CO[C@@H](Cc1ccc(OCCCOc2ccc(-c3ccccc3F)cc2)cc1)C(=O)O. The summed E-state index contributed by atoms with van der Waals surface area (Å²) in [5, 5.41) is 9.04. The highest BCUT2D eigenvalue weighted by atomic mass is 19.1. The summed E-state index contributed by atoms with van der Waals surface area (Å²) in [6.07, 6.45) is 0.140. The summed E-state index contributed by atoms with van der Waals surface area (Å²) in [4.78, 5) is 11.0. The minimum absolute atomic E-state index is 0.248. The Labute approximate surface area is 181 Å². The number of methoxy groups -OCH3 is 1. The van der Waals surface area contributed by atoms with Crippen molar-refractivity contribution in [2.45, 2.75) is 18.9 Å². The van der Waals surface area contributed by atoms with Gasteiger partial charge >= 0.3 is 5.97 Å². The van der Waals surface area contributed by atoms with Gasteiger partial charge in [0.2, 0.25) is 0 Å². The van der Waals surface area contributed by atoms with Gasteiger partial charge in [0.15, 0.2) is 6.10 Å². The Morgan fingerprint density at radius 2 is 1.48 bits per heavy atom. The zero-order valence-corrected chi connectivity index (χ0v) is 17.3. The number of hydrogen-bond donors (Lipinski definition) is 1. The molecule has 1 N–H and O–H groups in total. The minimum atomic E-state index is -0.982. The van der Waals surface area contributed by atoms with E-state index in [4.69, 9.17) is 19.3 Å². The van der Waals surface area contributed by atoms with Crippen LogP contribution in [0.3, 0.4) is 0 Å². The number of ether oxygens (including phenoxy) is 3. The second-order valence-corrected chi connectivity index (χ2v) is 6.97. The number of carboxylic acids is 1. The standard InChI is InChI=1S/C25H25FO5/c1-29-24(25(27)28)17-18-7-11-20(12-8-18)30-15-4-16-31-21-13-9-19(10-14-21)22-5-2-3-6-23(22)26/h2-3,5-14,24H,4,15-17H2,1H3,(H,27,28)/t24-/m0/s1. The molecule has 0 aliphatic heterocycles. The van der Waals surface area contributed by atoms with Crippen LogP contribution in [0.4, 0.5) is 4.39 Å². The number of carbonyl (C=O) groups is 1. The molecule has 0 aliphatic carbocycles. The van der Waals surface area contributed by atoms with E-state index in [1.54, 1.807) is 12.1 Å². The van der Waals surface area contributed by atoms with Crippen molar-refractivity contribution in [3.8, 4) is 22.6 Å². The topological polar surface area (TPSA) is 65.0 Å². The van der Waals surface area contributed by atoms with Crippen LogP contribution in [0.15, 0.2) is 72.8 Å². The van der Waals surface area contributed by atoms with E-state index in [0.29, 0.717) is 37.4 Å². The molecule has 0 heterocycles. The fourth-order valence-corrected chi connectivity index (χ4v) is 3.07. The van der Waals surface area contributed by atoms with Gasteiger partial charge in [-0.3, -0.25) is 0 Å². The summed E-state index contributed by atoms with van der Waals surface area (Å²) >= 11 is 0. The van der Waals surface area contributed by atoms with Crippen LogP contribution in [0, 0.1) is 5.82 Å². The molecule has 0 saturated carbocycles. The molecule has 0 bridgehead atoms. The molecule has 6 heteroatoms. The van der Waals surface area contributed by atoms with Gasteiger partial charge in [-0.1, -0.05) is 42.5 Å². The normalized spacial score (nSPS) is 11.7.